The summed E-state index contributed by atoms with van der Waals surface area (Å²) >= 11 is 0. The minimum absolute atomic E-state index is 0.0884. The van der Waals surface area contributed by atoms with Crippen molar-refractivity contribution in [3.8, 4) is 0 Å². The third-order valence-corrected chi connectivity index (χ3v) is 6.91. The van der Waals surface area contributed by atoms with Gasteiger partial charge >= 0.3 is 0 Å². The topological polar surface area (TPSA) is 49.4 Å². The third-order valence-electron chi connectivity index (χ3n) is 4.49. The lowest BCUT2D eigenvalue weighted by atomic mass is 9.91. The molecule has 0 amide bonds. The predicted molar refractivity (Wildman–Crippen MR) is 69.4 cm³/mol. The first kappa shape index (κ1) is 13.3. The maximum Gasteiger partial charge on any atom is 0.216 e. The minimum atomic E-state index is -3.01. The molecule has 0 aromatic rings. The predicted octanol–water partition coefficient (Wildman–Crippen LogP) is 1.33. The van der Waals surface area contributed by atoms with Crippen LogP contribution in [0.5, 0.6) is 0 Å². The highest BCUT2D eigenvalue weighted by atomic mass is 32.2. The van der Waals surface area contributed by atoms with Crippen LogP contribution in [0.2, 0.25) is 0 Å². The molecule has 0 atom stereocenters. The van der Waals surface area contributed by atoms with E-state index < -0.39 is 10.0 Å². The first-order chi connectivity index (χ1) is 8.05. The van der Waals surface area contributed by atoms with Crippen molar-refractivity contribution in [2.75, 3.05) is 14.1 Å². The summed E-state index contributed by atoms with van der Waals surface area (Å²) < 4.78 is 26.2. The van der Waals surface area contributed by atoms with Gasteiger partial charge in [0, 0.05) is 19.1 Å². The van der Waals surface area contributed by atoms with Crippen molar-refractivity contribution in [3.63, 3.8) is 0 Å². The maximum atomic E-state index is 12.3. The summed E-state index contributed by atoms with van der Waals surface area (Å²) in [5, 5.41) is 3.19. The fourth-order valence-corrected chi connectivity index (χ4v) is 4.87. The Morgan fingerprint density at radius 2 is 1.65 bits per heavy atom. The average molecular weight is 260 g/mol. The maximum absolute atomic E-state index is 12.3. The number of hydrogen-bond donors (Lipinski definition) is 1. The van der Waals surface area contributed by atoms with Crippen LogP contribution in [-0.2, 0) is 10.0 Å². The van der Waals surface area contributed by atoms with E-state index in [0.717, 1.165) is 44.9 Å². The first-order valence-corrected chi connectivity index (χ1v) is 8.20. The van der Waals surface area contributed by atoms with Crippen molar-refractivity contribution in [3.05, 3.63) is 0 Å². The Labute approximate surface area is 105 Å². The molecule has 100 valence electrons. The second-order valence-electron chi connectivity index (χ2n) is 5.41. The van der Waals surface area contributed by atoms with E-state index in [4.69, 9.17) is 0 Å². The molecule has 0 radical (unpaired) electrons. The molecule has 4 nitrogen and oxygen atoms in total. The number of sulfonamides is 1. The fraction of sp³-hybridized carbons (Fsp3) is 1.00. The van der Waals surface area contributed by atoms with Gasteiger partial charge in [0.25, 0.3) is 0 Å². The molecule has 0 heterocycles. The van der Waals surface area contributed by atoms with Crippen LogP contribution in [0, 0.1) is 0 Å². The number of rotatable bonds is 4. The van der Waals surface area contributed by atoms with Crippen molar-refractivity contribution >= 4 is 10.0 Å². The average Bonchev–Trinajstić information content (AvgIpc) is 2.25. The van der Waals surface area contributed by atoms with Gasteiger partial charge in [-0.1, -0.05) is 6.42 Å². The second kappa shape index (κ2) is 5.24. The summed E-state index contributed by atoms with van der Waals surface area (Å²) in [6.45, 7) is 0. The Kier molecular flexibility index (Phi) is 4.10. The van der Waals surface area contributed by atoms with Gasteiger partial charge in [0.1, 0.15) is 0 Å². The minimum Gasteiger partial charge on any atom is -0.317 e. The lowest BCUT2D eigenvalue weighted by molar-refractivity contribution is 0.250. The van der Waals surface area contributed by atoms with E-state index in [1.165, 1.54) is 0 Å². The van der Waals surface area contributed by atoms with Gasteiger partial charge < -0.3 is 5.32 Å². The molecule has 2 fully saturated rings. The molecular weight excluding hydrogens is 236 g/mol. The summed E-state index contributed by atoms with van der Waals surface area (Å²) in [4.78, 5) is 0. The highest BCUT2D eigenvalue weighted by Crippen LogP contribution is 2.31. The van der Waals surface area contributed by atoms with Crippen molar-refractivity contribution in [2.24, 2.45) is 0 Å². The molecule has 0 spiro atoms. The Balaban J connectivity index is 1.94. The Hall–Kier alpha value is -0.130. The molecule has 2 saturated carbocycles. The van der Waals surface area contributed by atoms with Crippen LogP contribution in [0.4, 0.5) is 0 Å². The summed E-state index contributed by atoms with van der Waals surface area (Å²) in [6.07, 6.45) is 6.96. The van der Waals surface area contributed by atoms with Gasteiger partial charge in [0.2, 0.25) is 10.0 Å². The van der Waals surface area contributed by atoms with Gasteiger partial charge in [0.15, 0.2) is 0 Å². The van der Waals surface area contributed by atoms with Crippen LogP contribution in [0.25, 0.3) is 0 Å². The van der Waals surface area contributed by atoms with Crippen LogP contribution in [-0.4, -0.2) is 44.2 Å². The van der Waals surface area contributed by atoms with Crippen molar-refractivity contribution in [1.29, 1.82) is 0 Å². The number of nitrogens with zero attached hydrogens (tertiary/aromatic N) is 1. The van der Waals surface area contributed by atoms with Crippen LogP contribution in [0.15, 0.2) is 0 Å². The SMILES string of the molecule is CNC1CCC(N(C)S(=O)(=O)C2CCC2)CC1. The molecule has 5 heteroatoms. The number of nitrogens with one attached hydrogen (secondary N) is 1. The molecule has 2 rings (SSSR count). The van der Waals surface area contributed by atoms with E-state index in [-0.39, 0.29) is 11.3 Å². The van der Waals surface area contributed by atoms with E-state index >= 15 is 0 Å². The van der Waals surface area contributed by atoms with Gasteiger partial charge in [-0.05, 0) is 45.6 Å². The zero-order chi connectivity index (χ0) is 12.5. The molecule has 0 unspecified atom stereocenters. The number of hydrogen-bond acceptors (Lipinski definition) is 3. The molecule has 2 aliphatic rings. The van der Waals surface area contributed by atoms with E-state index in [2.05, 4.69) is 5.32 Å². The molecule has 1 N–H and O–H groups in total. The third kappa shape index (κ3) is 2.66. The Bertz CT molecular complexity index is 344. The molecule has 0 aromatic heterocycles. The largest absolute Gasteiger partial charge is 0.317 e. The van der Waals surface area contributed by atoms with E-state index in [1.807, 2.05) is 7.05 Å². The monoisotopic (exact) mass is 260 g/mol. The molecular formula is C12H24N2O2S. The normalized spacial score (nSPS) is 31.5. The molecule has 0 aliphatic heterocycles. The smallest absolute Gasteiger partial charge is 0.216 e. The van der Waals surface area contributed by atoms with Crippen LogP contribution < -0.4 is 5.32 Å². The van der Waals surface area contributed by atoms with Gasteiger partial charge in [0.05, 0.1) is 5.25 Å². The van der Waals surface area contributed by atoms with E-state index in [9.17, 15) is 8.42 Å². The summed E-state index contributed by atoms with van der Waals surface area (Å²) in [7, 11) is 0.749. The zero-order valence-electron chi connectivity index (χ0n) is 10.9. The first-order valence-electron chi connectivity index (χ1n) is 6.70. The van der Waals surface area contributed by atoms with Crippen LogP contribution >= 0.6 is 0 Å². The highest BCUT2D eigenvalue weighted by molar-refractivity contribution is 7.89. The van der Waals surface area contributed by atoms with Crippen LogP contribution in [0.3, 0.4) is 0 Å². The lowest BCUT2D eigenvalue weighted by Crippen LogP contribution is -2.47. The Morgan fingerprint density at radius 1 is 1.06 bits per heavy atom. The summed E-state index contributed by atoms with van der Waals surface area (Å²) in [6, 6.07) is 0.802. The van der Waals surface area contributed by atoms with Crippen LogP contribution in [0.1, 0.15) is 44.9 Å². The fourth-order valence-electron chi connectivity index (χ4n) is 2.84. The Morgan fingerprint density at radius 3 is 2.06 bits per heavy atom. The molecule has 0 aromatic carbocycles. The molecule has 0 saturated heterocycles. The van der Waals surface area contributed by atoms with E-state index in [0.29, 0.717) is 6.04 Å². The van der Waals surface area contributed by atoms with Crippen molar-refractivity contribution in [1.82, 2.24) is 9.62 Å². The molecule has 0 bridgehead atoms. The standard InChI is InChI=1S/C12H24N2O2S/c1-13-10-6-8-11(9-7-10)14(2)17(15,16)12-4-3-5-12/h10-13H,3-9H2,1-2H3. The van der Waals surface area contributed by atoms with Crippen molar-refractivity contribution < 1.29 is 8.42 Å². The summed E-state index contributed by atoms with van der Waals surface area (Å²) in [5.74, 6) is 0. The zero-order valence-corrected chi connectivity index (χ0v) is 11.7. The van der Waals surface area contributed by atoms with Gasteiger partial charge in [-0.2, -0.15) is 0 Å². The molecule has 17 heavy (non-hydrogen) atoms. The van der Waals surface area contributed by atoms with Gasteiger partial charge in [-0.25, -0.2) is 12.7 Å². The van der Waals surface area contributed by atoms with Crippen molar-refractivity contribution in [2.45, 2.75) is 62.3 Å². The summed E-state index contributed by atoms with van der Waals surface area (Å²) in [5.41, 5.74) is 0. The van der Waals surface area contributed by atoms with Gasteiger partial charge in [-0.15, -0.1) is 0 Å². The lowest BCUT2D eigenvalue weighted by Gasteiger charge is -2.37. The molecule has 2 aliphatic carbocycles. The quantitative estimate of drug-likeness (QED) is 0.829. The van der Waals surface area contributed by atoms with E-state index in [1.54, 1.807) is 11.4 Å². The second-order valence-corrected chi connectivity index (χ2v) is 7.68. The highest BCUT2D eigenvalue weighted by Gasteiger charge is 2.38. The van der Waals surface area contributed by atoms with Gasteiger partial charge in [-0.3, -0.25) is 0 Å².